The van der Waals surface area contributed by atoms with Crippen LogP contribution in [-0.4, -0.2) is 42.3 Å². The summed E-state index contributed by atoms with van der Waals surface area (Å²) in [6.45, 7) is 2.40. The van der Waals surface area contributed by atoms with Crippen LogP contribution in [0.1, 0.15) is 12.5 Å². The van der Waals surface area contributed by atoms with Crippen LogP contribution < -0.4 is 0 Å². The molecule has 0 bridgehead atoms. The summed E-state index contributed by atoms with van der Waals surface area (Å²) < 4.78 is 4.55. The van der Waals surface area contributed by atoms with Gasteiger partial charge in [-0.05, 0) is 19.5 Å². The molecule has 0 aliphatic carbocycles. The predicted molar refractivity (Wildman–Crippen MR) is 74.5 cm³/mol. The Morgan fingerprint density at radius 2 is 2.05 bits per heavy atom. The van der Waals surface area contributed by atoms with Gasteiger partial charge >= 0.3 is 5.97 Å². The van der Waals surface area contributed by atoms with Gasteiger partial charge in [0.15, 0.2) is 0 Å². The molecule has 0 saturated carbocycles. The maximum atomic E-state index is 11.1. The highest BCUT2D eigenvalue weighted by Gasteiger charge is 2.17. The van der Waals surface area contributed by atoms with Crippen molar-refractivity contribution in [3.63, 3.8) is 0 Å². The number of hydrogen-bond acceptors (Lipinski definition) is 4. The van der Waals surface area contributed by atoms with Crippen LogP contribution in [0.25, 0.3) is 0 Å². The maximum absolute atomic E-state index is 11.1. The molecule has 104 valence electrons. The molecular formula is C15H21NO3. The Bertz CT molecular complexity index is 415. The monoisotopic (exact) mass is 263 g/mol. The fourth-order valence-corrected chi connectivity index (χ4v) is 1.90. The van der Waals surface area contributed by atoms with Gasteiger partial charge in [-0.2, -0.15) is 0 Å². The Kier molecular flexibility index (Phi) is 6.25. The van der Waals surface area contributed by atoms with E-state index in [4.69, 9.17) is 0 Å². The number of esters is 1. The first kappa shape index (κ1) is 15.4. The van der Waals surface area contributed by atoms with E-state index in [-0.39, 0.29) is 6.04 Å². The summed E-state index contributed by atoms with van der Waals surface area (Å²) in [5.41, 5.74) is 1.15. The molecule has 1 N–H and O–H groups in total. The smallest absolute Gasteiger partial charge is 0.330 e. The molecule has 0 saturated heterocycles. The molecule has 1 rings (SSSR count). The van der Waals surface area contributed by atoms with Crippen molar-refractivity contribution in [2.45, 2.75) is 25.6 Å². The Morgan fingerprint density at radius 3 is 2.58 bits per heavy atom. The summed E-state index contributed by atoms with van der Waals surface area (Å²) in [7, 11) is 3.24. The van der Waals surface area contributed by atoms with Gasteiger partial charge in [-0.3, -0.25) is 4.90 Å². The van der Waals surface area contributed by atoms with Crippen molar-refractivity contribution in [3.05, 3.63) is 48.0 Å². The Morgan fingerprint density at radius 1 is 1.42 bits per heavy atom. The van der Waals surface area contributed by atoms with E-state index < -0.39 is 12.1 Å². The molecule has 0 aliphatic rings. The third kappa shape index (κ3) is 5.24. The third-order valence-electron chi connectivity index (χ3n) is 2.91. The van der Waals surface area contributed by atoms with Crippen LogP contribution in [0.2, 0.25) is 0 Å². The highest BCUT2D eigenvalue weighted by Crippen LogP contribution is 2.10. The van der Waals surface area contributed by atoms with Crippen LogP contribution in [0, 0.1) is 0 Å². The number of nitrogens with zero attached hydrogens (tertiary/aromatic N) is 1. The average molecular weight is 263 g/mol. The lowest BCUT2D eigenvalue weighted by atomic mass is 10.1. The van der Waals surface area contributed by atoms with E-state index in [0.29, 0.717) is 6.54 Å². The van der Waals surface area contributed by atoms with E-state index >= 15 is 0 Å². The van der Waals surface area contributed by atoms with Crippen LogP contribution in [0.3, 0.4) is 0 Å². The molecule has 2 atom stereocenters. The zero-order valence-electron chi connectivity index (χ0n) is 11.6. The zero-order chi connectivity index (χ0) is 14.3. The molecule has 0 aromatic heterocycles. The molecule has 0 amide bonds. The number of aliphatic hydroxyl groups excluding tert-OH is 1. The number of aliphatic hydroxyl groups is 1. The van der Waals surface area contributed by atoms with Crippen molar-refractivity contribution >= 4 is 5.97 Å². The normalized spacial score (nSPS) is 14.6. The standard InChI is InChI=1S/C15H21NO3/c1-12(17)14(9-10-15(18)19-3)16(2)11-13-7-5-4-6-8-13/h4-10,12,14,17H,11H2,1-3H3/b10-9+/t12-,14+/m1/s1. The lowest BCUT2D eigenvalue weighted by Gasteiger charge is -2.27. The van der Waals surface area contributed by atoms with Crippen molar-refractivity contribution in [1.29, 1.82) is 0 Å². The number of carbonyl (C=O) groups excluding carboxylic acids is 1. The van der Waals surface area contributed by atoms with Crippen LogP contribution in [0.5, 0.6) is 0 Å². The largest absolute Gasteiger partial charge is 0.466 e. The van der Waals surface area contributed by atoms with Crippen LogP contribution in [0.15, 0.2) is 42.5 Å². The van der Waals surface area contributed by atoms with Crippen LogP contribution in [-0.2, 0) is 16.1 Å². The van der Waals surface area contributed by atoms with Crippen LogP contribution >= 0.6 is 0 Å². The first-order valence-corrected chi connectivity index (χ1v) is 6.23. The second kappa shape index (κ2) is 7.71. The van der Waals surface area contributed by atoms with Gasteiger partial charge < -0.3 is 9.84 Å². The Hall–Kier alpha value is -1.65. The number of ether oxygens (including phenoxy) is 1. The van der Waals surface area contributed by atoms with Gasteiger partial charge in [-0.1, -0.05) is 36.4 Å². The first-order valence-electron chi connectivity index (χ1n) is 6.23. The molecule has 19 heavy (non-hydrogen) atoms. The molecule has 0 unspecified atom stereocenters. The highest BCUT2D eigenvalue weighted by atomic mass is 16.5. The summed E-state index contributed by atoms with van der Waals surface area (Å²) in [5, 5.41) is 9.80. The fourth-order valence-electron chi connectivity index (χ4n) is 1.90. The molecule has 1 aromatic carbocycles. The quantitative estimate of drug-likeness (QED) is 0.625. The predicted octanol–water partition coefficient (Wildman–Crippen LogP) is 1.60. The van der Waals surface area contributed by atoms with Gasteiger partial charge in [0.2, 0.25) is 0 Å². The first-order chi connectivity index (χ1) is 9.04. The number of carbonyl (C=O) groups is 1. The SMILES string of the molecule is COC(=O)/C=C/[C@@H]([C@@H](C)O)N(C)Cc1ccccc1. The van der Waals surface area contributed by atoms with Gasteiger partial charge in [0, 0.05) is 12.6 Å². The highest BCUT2D eigenvalue weighted by molar-refractivity contribution is 5.81. The molecule has 0 fully saturated rings. The van der Waals surface area contributed by atoms with Crippen molar-refractivity contribution in [1.82, 2.24) is 4.90 Å². The minimum Gasteiger partial charge on any atom is -0.466 e. The second-order valence-corrected chi connectivity index (χ2v) is 4.51. The second-order valence-electron chi connectivity index (χ2n) is 4.51. The van der Waals surface area contributed by atoms with E-state index in [2.05, 4.69) is 4.74 Å². The molecule has 0 heterocycles. The van der Waals surface area contributed by atoms with Gasteiger partial charge in [-0.15, -0.1) is 0 Å². The molecule has 4 nitrogen and oxygen atoms in total. The summed E-state index contributed by atoms with van der Waals surface area (Å²) in [4.78, 5) is 13.1. The average Bonchev–Trinajstić information content (AvgIpc) is 2.39. The maximum Gasteiger partial charge on any atom is 0.330 e. The van der Waals surface area contributed by atoms with Crippen molar-refractivity contribution in [2.75, 3.05) is 14.2 Å². The topological polar surface area (TPSA) is 49.8 Å². The summed E-state index contributed by atoms with van der Waals surface area (Å²) in [6.07, 6.45) is 2.44. The Balaban J connectivity index is 2.71. The van der Waals surface area contributed by atoms with Crippen molar-refractivity contribution in [2.24, 2.45) is 0 Å². The van der Waals surface area contributed by atoms with Crippen molar-refractivity contribution < 1.29 is 14.6 Å². The Labute approximate surface area is 114 Å². The number of rotatable bonds is 6. The van der Waals surface area contributed by atoms with E-state index in [9.17, 15) is 9.90 Å². The van der Waals surface area contributed by atoms with E-state index in [1.54, 1.807) is 13.0 Å². The summed E-state index contributed by atoms with van der Waals surface area (Å²) in [5.74, 6) is -0.418. The number of benzene rings is 1. The van der Waals surface area contributed by atoms with Gasteiger partial charge in [0.05, 0.1) is 19.3 Å². The lowest BCUT2D eigenvalue weighted by Crippen LogP contribution is -2.38. The minimum atomic E-state index is -0.574. The summed E-state index contributed by atoms with van der Waals surface area (Å²) in [6, 6.07) is 9.74. The third-order valence-corrected chi connectivity index (χ3v) is 2.91. The number of likely N-dealkylation sites (N-methyl/N-ethyl adjacent to an activating group) is 1. The van der Waals surface area contributed by atoms with E-state index in [1.165, 1.54) is 13.2 Å². The fraction of sp³-hybridized carbons (Fsp3) is 0.400. The molecule has 0 aliphatic heterocycles. The zero-order valence-corrected chi connectivity index (χ0v) is 11.6. The lowest BCUT2D eigenvalue weighted by molar-refractivity contribution is -0.134. The van der Waals surface area contributed by atoms with Crippen molar-refractivity contribution in [3.8, 4) is 0 Å². The summed E-state index contributed by atoms with van der Waals surface area (Å²) >= 11 is 0. The molecule has 1 aromatic rings. The number of methoxy groups -OCH3 is 1. The minimum absolute atomic E-state index is 0.237. The van der Waals surface area contributed by atoms with E-state index in [0.717, 1.165) is 5.56 Å². The van der Waals surface area contributed by atoms with E-state index in [1.807, 2.05) is 42.3 Å². The van der Waals surface area contributed by atoms with Gasteiger partial charge in [-0.25, -0.2) is 4.79 Å². The van der Waals surface area contributed by atoms with Crippen LogP contribution in [0.4, 0.5) is 0 Å². The number of hydrogen-bond donors (Lipinski definition) is 1. The molecule has 0 radical (unpaired) electrons. The van der Waals surface area contributed by atoms with Gasteiger partial charge in [0.25, 0.3) is 0 Å². The van der Waals surface area contributed by atoms with Gasteiger partial charge in [0.1, 0.15) is 0 Å². The molecule has 4 heteroatoms. The molecule has 0 spiro atoms. The molecular weight excluding hydrogens is 242 g/mol.